The first-order valence-corrected chi connectivity index (χ1v) is 3.90. The van der Waals surface area contributed by atoms with Crippen molar-refractivity contribution in [3.8, 4) is 0 Å². The summed E-state index contributed by atoms with van der Waals surface area (Å²) < 4.78 is 0. The van der Waals surface area contributed by atoms with Gasteiger partial charge in [-0.3, -0.25) is 0 Å². The first kappa shape index (κ1) is 8.30. The number of hydrogen-bond acceptors (Lipinski definition) is 3. The van der Waals surface area contributed by atoms with E-state index in [1.54, 1.807) is 0 Å². The van der Waals surface area contributed by atoms with Crippen molar-refractivity contribution >= 4 is 0 Å². The average Bonchev–Trinajstić information content (AvgIpc) is 2.09. The van der Waals surface area contributed by atoms with Gasteiger partial charge in [-0.1, -0.05) is 13.8 Å². The smallest absolute Gasteiger partial charge is 0.294 e. The zero-order chi connectivity index (χ0) is 8.43. The van der Waals surface area contributed by atoms with Crippen molar-refractivity contribution in [2.24, 2.45) is 11.8 Å². The third-order valence-corrected chi connectivity index (χ3v) is 2.26. The van der Waals surface area contributed by atoms with Crippen molar-refractivity contribution in [3.05, 3.63) is 10.1 Å². The molecule has 0 N–H and O–H groups in total. The van der Waals surface area contributed by atoms with Crippen LogP contribution in [0.2, 0.25) is 0 Å². The van der Waals surface area contributed by atoms with Gasteiger partial charge in [-0.2, -0.15) is 0 Å². The van der Waals surface area contributed by atoms with Crippen LogP contribution in [0.4, 0.5) is 0 Å². The van der Waals surface area contributed by atoms with Crippen molar-refractivity contribution in [3.63, 3.8) is 0 Å². The largest absolute Gasteiger partial charge is 0.310 e. The quantitative estimate of drug-likeness (QED) is 0.454. The van der Waals surface area contributed by atoms with Gasteiger partial charge in [-0.15, -0.1) is 10.1 Å². The molecule has 4 nitrogen and oxygen atoms in total. The molecule has 0 saturated heterocycles. The van der Waals surface area contributed by atoms with Crippen LogP contribution < -0.4 is 0 Å². The summed E-state index contributed by atoms with van der Waals surface area (Å²) in [6, 6.07) is 0. The first-order valence-electron chi connectivity index (χ1n) is 3.90. The molecule has 0 bridgehead atoms. The van der Waals surface area contributed by atoms with E-state index in [0.29, 0.717) is 11.8 Å². The normalized spacial score (nSPS) is 37.1. The van der Waals surface area contributed by atoms with Gasteiger partial charge in [-0.25, -0.2) is 0 Å². The summed E-state index contributed by atoms with van der Waals surface area (Å²) in [5, 5.41) is 9.31. The molecule has 0 aromatic rings. The van der Waals surface area contributed by atoms with E-state index in [4.69, 9.17) is 0 Å². The van der Waals surface area contributed by atoms with Gasteiger partial charge in [0.1, 0.15) is 6.10 Å². The van der Waals surface area contributed by atoms with E-state index in [2.05, 4.69) is 11.8 Å². The van der Waals surface area contributed by atoms with Gasteiger partial charge in [0, 0.05) is 0 Å². The second-order valence-electron chi connectivity index (χ2n) is 3.42. The number of hydrogen-bond donors (Lipinski definition) is 0. The molecule has 0 amide bonds. The fourth-order valence-electron chi connectivity index (χ4n) is 1.77. The van der Waals surface area contributed by atoms with Gasteiger partial charge in [-0.05, 0) is 24.7 Å². The van der Waals surface area contributed by atoms with Crippen molar-refractivity contribution in [2.45, 2.75) is 32.8 Å². The molecule has 3 atom stereocenters. The minimum Gasteiger partial charge on any atom is -0.310 e. The van der Waals surface area contributed by atoms with Gasteiger partial charge in [0.15, 0.2) is 0 Å². The molecule has 1 saturated carbocycles. The lowest BCUT2D eigenvalue weighted by Gasteiger charge is -2.11. The molecule has 64 valence electrons. The summed E-state index contributed by atoms with van der Waals surface area (Å²) >= 11 is 0. The molecular weight excluding hydrogens is 146 g/mol. The monoisotopic (exact) mass is 159 g/mol. The third kappa shape index (κ3) is 2.06. The van der Waals surface area contributed by atoms with Crippen LogP contribution in [0, 0.1) is 22.0 Å². The number of rotatable bonds is 2. The lowest BCUT2D eigenvalue weighted by Crippen LogP contribution is -2.19. The lowest BCUT2D eigenvalue weighted by atomic mass is 10.1. The molecule has 4 heteroatoms. The van der Waals surface area contributed by atoms with Crippen LogP contribution in [0.15, 0.2) is 0 Å². The molecule has 0 aromatic carbocycles. The van der Waals surface area contributed by atoms with Crippen molar-refractivity contribution < 1.29 is 9.92 Å². The Labute approximate surface area is 65.6 Å². The fourth-order valence-corrected chi connectivity index (χ4v) is 1.77. The molecule has 0 spiro atoms. The second kappa shape index (κ2) is 3.07. The van der Waals surface area contributed by atoms with Gasteiger partial charge in [0.05, 0.1) is 0 Å². The van der Waals surface area contributed by atoms with E-state index in [1.807, 2.05) is 6.92 Å². The third-order valence-electron chi connectivity index (χ3n) is 2.26. The molecule has 0 radical (unpaired) electrons. The minimum absolute atomic E-state index is 0.167. The second-order valence-corrected chi connectivity index (χ2v) is 3.42. The molecule has 1 aliphatic rings. The van der Waals surface area contributed by atoms with E-state index in [0.717, 1.165) is 12.8 Å². The molecule has 0 aliphatic heterocycles. The van der Waals surface area contributed by atoms with Crippen LogP contribution in [-0.2, 0) is 4.84 Å². The summed E-state index contributed by atoms with van der Waals surface area (Å²) in [5.41, 5.74) is 0. The maximum Gasteiger partial charge on any atom is 0.294 e. The van der Waals surface area contributed by atoms with E-state index in [9.17, 15) is 10.1 Å². The molecule has 0 aromatic heterocycles. The van der Waals surface area contributed by atoms with Crippen LogP contribution in [0.3, 0.4) is 0 Å². The first-order chi connectivity index (χ1) is 5.09. The van der Waals surface area contributed by atoms with Crippen LogP contribution in [0.25, 0.3) is 0 Å². The van der Waals surface area contributed by atoms with E-state index < -0.39 is 5.09 Å². The van der Waals surface area contributed by atoms with E-state index >= 15 is 0 Å². The topological polar surface area (TPSA) is 52.4 Å². The molecule has 1 aliphatic carbocycles. The van der Waals surface area contributed by atoms with Crippen LogP contribution in [0.1, 0.15) is 26.7 Å². The molecule has 1 rings (SSSR count). The summed E-state index contributed by atoms with van der Waals surface area (Å²) in [4.78, 5) is 14.5. The van der Waals surface area contributed by atoms with Crippen molar-refractivity contribution in [1.29, 1.82) is 0 Å². The summed E-state index contributed by atoms with van der Waals surface area (Å²) in [6.07, 6.45) is 1.70. The Morgan fingerprint density at radius 3 is 2.45 bits per heavy atom. The number of nitrogens with zero attached hydrogens (tertiary/aromatic N) is 1. The standard InChI is InChI=1S/C7H13NO3/c1-5-3-6(2)7(4-5)11-8(9)10/h5-7H,3-4H2,1-2H3. The highest BCUT2D eigenvalue weighted by molar-refractivity contribution is 4.78. The SMILES string of the molecule is CC1CC(C)C(O[N+](=O)[O-])C1. The molecule has 1 fully saturated rings. The molecular formula is C7H13NO3. The van der Waals surface area contributed by atoms with Crippen LogP contribution >= 0.6 is 0 Å². The zero-order valence-corrected chi connectivity index (χ0v) is 6.82. The molecule has 11 heavy (non-hydrogen) atoms. The highest BCUT2D eigenvalue weighted by atomic mass is 17.0. The van der Waals surface area contributed by atoms with Crippen LogP contribution in [0.5, 0.6) is 0 Å². The highest BCUT2D eigenvalue weighted by Gasteiger charge is 2.31. The minimum atomic E-state index is -0.681. The molecule has 0 heterocycles. The predicted octanol–water partition coefficient (Wildman–Crippen LogP) is 1.63. The summed E-state index contributed by atoms with van der Waals surface area (Å²) in [5.74, 6) is 0.894. The Morgan fingerprint density at radius 2 is 2.09 bits per heavy atom. The maximum absolute atomic E-state index is 9.99. The average molecular weight is 159 g/mol. The Balaban J connectivity index is 2.40. The van der Waals surface area contributed by atoms with Gasteiger partial charge in [0.25, 0.3) is 5.09 Å². The summed E-state index contributed by atoms with van der Waals surface area (Å²) in [7, 11) is 0. The lowest BCUT2D eigenvalue weighted by molar-refractivity contribution is -0.769. The predicted molar refractivity (Wildman–Crippen MR) is 39.4 cm³/mol. The van der Waals surface area contributed by atoms with E-state index in [-0.39, 0.29) is 6.10 Å². The Bertz CT molecular complexity index is 160. The van der Waals surface area contributed by atoms with Crippen molar-refractivity contribution in [1.82, 2.24) is 0 Å². The Kier molecular flexibility index (Phi) is 2.31. The van der Waals surface area contributed by atoms with Gasteiger partial charge >= 0.3 is 0 Å². The maximum atomic E-state index is 9.99. The van der Waals surface area contributed by atoms with E-state index in [1.165, 1.54) is 0 Å². The molecule has 3 unspecified atom stereocenters. The Hall–Kier alpha value is -0.800. The highest BCUT2D eigenvalue weighted by Crippen LogP contribution is 2.32. The van der Waals surface area contributed by atoms with Gasteiger partial charge in [0.2, 0.25) is 0 Å². The Morgan fingerprint density at radius 1 is 1.45 bits per heavy atom. The summed E-state index contributed by atoms with van der Waals surface area (Å²) in [6.45, 7) is 4.09. The van der Waals surface area contributed by atoms with Crippen LogP contribution in [-0.4, -0.2) is 11.2 Å². The fraction of sp³-hybridized carbons (Fsp3) is 1.00. The zero-order valence-electron chi connectivity index (χ0n) is 6.82. The van der Waals surface area contributed by atoms with Crippen molar-refractivity contribution in [2.75, 3.05) is 0 Å². The van der Waals surface area contributed by atoms with Gasteiger partial charge < -0.3 is 4.84 Å².